The molecule has 2 aromatic carbocycles. The number of sulfonamides is 1. The molecule has 2 amide bonds. The standard InChI is InChI=1S/C18H20ClN3O4S/c1-3-12(2)22-27(25,26)14-10-8-13(9-11-14)17(23)20-21-18(24)15-6-4-5-7-16(15)19/h4-12,22H,3H2,1-2H3,(H,20,23)(H,21,24)/t12-/m1/s1. The fraction of sp³-hybridized carbons (Fsp3) is 0.222. The number of benzene rings is 2. The van der Waals surface area contributed by atoms with Crippen molar-refractivity contribution in [3.8, 4) is 0 Å². The first-order chi connectivity index (χ1) is 12.7. The molecule has 0 aromatic heterocycles. The van der Waals surface area contributed by atoms with E-state index in [-0.39, 0.29) is 27.1 Å². The maximum absolute atomic E-state index is 12.2. The van der Waals surface area contributed by atoms with Crippen LogP contribution in [0.2, 0.25) is 5.02 Å². The number of carbonyl (C=O) groups is 2. The minimum absolute atomic E-state index is 0.0550. The van der Waals surface area contributed by atoms with Gasteiger partial charge < -0.3 is 0 Å². The van der Waals surface area contributed by atoms with Gasteiger partial charge >= 0.3 is 0 Å². The number of rotatable bonds is 6. The van der Waals surface area contributed by atoms with Crippen molar-refractivity contribution >= 4 is 33.4 Å². The lowest BCUT2D eigenvalue weighted by atomic mass is 10.2. The van der Waals surface area contributed by atoms with E-state index in [1.807, 2.05) is 6.92 Å². The minimum atomic E-state index is -3.65. The van der Waals surface area contributed by atoms with Crippen molar-refractivity contribution in [1.82, 2.24) is 15.6 Å². The van der Waals surface area contributed by atoms with Crippen LogP contribution in [0.15, 0.2) is 53.4 Å². The van der Waals surface area contributed by atoms with Crippen molar-refractivity contribution in [2.75, 3.05) is 0 Å². The molecule has 0 saturated carbocycles. The Kier molecular flexibility index (Phi) is 6.95. The van der Waals surface area contributed by atoms with Gasteiger partial charge in [-0.1, -0.05) is 30.7 Å². The van der Waals surface area contributed by atoms with Crippen molar-refractivity contribution in [1.29, 1.82) is 0 Å². The zero-order valence-electron chi connectivity index (χ0n) is 14.8. The Hall–Kier alpha value is -2.42. The average molecular weight is 410 g/mol. The molecule has 2 rings (SSSR count). The molecule has 144 valence electrons. The molecule has 0 heterocycles. The second-order valence-corrected chi connectivity index (χ2v) is 7.96. The third-order valence-electron chi connectivity index (χ3n) is 3.80. The number of hydrazine groups is 1. The van der Waals surface area contributed by atoms with Crippen LogP contribution in [0, 0.1) is 0 Å². The molecule has 0 fully saturated rings. The van der Waals surface area contributed by atoms with Gasteiger partial charge in [-0.05, 0) is 49.7 Å². The molecule has 0 spiro atoms. The Morgan fingerprint density at radius 3 is 2.19 bits per heavy atom. The molecule has 0 aliphatic rings. The first-order valence-electron chi connectivity index (χ1n) is 8.22. The van der Waals surface area contributed by atoms with Crippen LogP contribution in [0.1, 0.15) is 41.0 Å². The summed E-state index contributed by atoms with van der Waals surface area (Å²) < 4.78 is 26.9. The van der Waals surface area contributed by atoms with Crippen LogP contribution in [0.25, 0.3) is 0 Å². The van der Waals surface area contributed by atoms with Crippen LogP contribution in [0.4, 0.5) is 0 Å². The highest BCUT2D eigenvalue weighted by atomic mass is 35.5. The molecule has 0 aliphatic heterocycles. The van der Waals surface area contributed by atoms with Crippen molar-refractivity contribution in [3.63, 3.8) is 0 Å². The van der Waals surface area contributed by atoms with Crippen LogP contribution < -0.4 is 15.6 Å². The van der Waals surface area contributed by atoms with E-state index >= 15 is 0 Å². The number of halogens is 1. The lowest BCUT2D eigenvalue weighted by molar-refractivity contribution is 0.0846. The highest BCUT2D eigenvalue weighted by Crippen LogP contribution is 2.14. The predicted octanol–water partition coefficient (Wildman–Crippen LogP) is 2.49. The van der Waals surface area contributed by atoms with Crippen LogP contribution >= 0.6 is 11.6 Å². The Morgan fingerprint density at radius 1 is 1.00 bits per heavy atom. The van der Waals surface area contributed by atoms with E-state index in [2.05, 4.69) is 15.6 Å². The summed E-state index contributed by atoms with van der Waals surface area (Å²) in [5.41, 5.74) is 4.94. The van der Waals surface area contributed by atoms with Gasteiger partial charge in [0, 0.05) is 11.6 Å². The molecule has 0 bridgehead atoms. The summed E-state index contributed by atoms with van der Waals surface area (Å²) in [4.78, 5) is 24.2. The van der Waals surface area contributed by atoms with E-state index in [0.29, 0.717) is 6.42 Å². The first kappa shape index (κ1) is 20.9. The summed E-state index contributed by atoms with van der Waals surface area (Å²) in [7, 11) is -3.65. The molecule has 2 aromatic rings. The van der Waals surface area contributed by atoms with E-state index < -0.39 is 21.8 Å². The second kappa shape index (κ2) is 8.98. The molecule has 0 unspecified atom stereocenters. The zero-order chi connectivity index (χ0) is 20.0. The fourth-order valence-electron chi connectivity index (χ4n) is 2.10. The normalized spacial score (nSPS) is 12.3. The van der Waals surface area contributed by atoms with Crippen molar-refractivity contribution in [2.24, 2.45) is 0 Å². The van der Waals surface area contributed by atoms with Crippen LogP contribution in [-0.2, 0) is 10.0 Å². The van der Waals surface area contributed by atoms with E-state index in [4.69, 9.17) is 11.6 Å². The number of hydrogen-bond donors (Lipinski definition) is 3. The van der Waals surface area contributed by atoms with E-state index in [1.54, 1.807) is 25.1 Å². The highest BCUT2D eigenvalue weighted by molar-refractivity contribution is 7.89. The summed E-state index contributed by atoms with van der Waals surface area (Å²) in [5.74, 6) is -1.15. The average Bonchev–Trinajstić information content (AvgIpc) is 2.65. The molecule has 3 N–H and O–H groups in total. The number of amides is 2. The molecular weight excluding hydrogens is 390 g/mol. The Morgan fingerprint density at radius 2 is 1.59 bits per heavy atom. The first-order valence-corrected chi connectivity index (χ1v) is 10.1. The highest BCUT2D eigenvalue weighted by Gasteiger charge is 2.17. The summed E-state index contributed by atoms with van der Waals surface area (Å²) in [5, 5.41) is 0.257. The van der Waals surface area contributed by atoms with Crippen molar-refractivity contribution in [2.45, 2.75) is 31.2 Å². The lowest BCUT2D eigenvalue weighted by Crippen LogP contribution is -2.41. The van der Waals surface area contributed by atoms with E-state index in [0.717, 1.165) is 0 Å². The van der Waals surface area contributed by atoms with E-state index in [9.17, 15) is 18.0 Å². The largest absolute Gasteiger partial charge is 0.271 e. The Bertz CT molecular complexity index is 930. The second-order valence-electron chi connectivity index (χ2n) is 5.84. The fourth-order valence-corrected chi connectivity index (χ4v) is 3.65. The van der Waals surface area contributed by atoms with Crippen molar-refractivity contribution < 1.29 is 18.0 Å². The molecule has 9 heteroatoms. The molecule has 1 atom stereocenters. The molecule has 0 saturated heterocycles. The van der Waals surface area contributed by atoms with Gasteiger partial charge in [-0.15, -0.1) is 0 Å². The molecule has 7 nitrogen and oxygen atoms in total. The van der Waals surface area contributed by atoms with Gasteiger partial charge in [-0.3, -0.25) is 20.4 Å². The maximum atomic E-state index is 12.2. The Balaban J connectivity index is 2.01. The Labute approximate surface area is 163 Å². The molecular formula is C18H20ClN3O4S. The summed E-state index contributed by atoms with van der Waals surface area (Å²) in [6.07, 6.45) is 0.658. The number of hydrogen-bond acceptors (Lipinski definition) is 4. The summed E-state index contributed by atoms with van der Waals surface area (Å²) in [6, 6.07) is 11.6. The van der Waals surface area contributed by atoms with Crippen molar-refractivity contribution in [3.05, 3.63) is 64.7 Å². The van der Waals surface area contributed by atoms with Gasteiger partial charge in [0.1, 0.15) is 0 Å². The molecule has 27 heavy (non-hydrogen) atoms. The number of carbonyl (C=O) groups excluding carboxylic acids is 2. The zero-order valence-corrected chi connectivity index (χ0v) is 16.4. The van der Waals surface area contributed by atoms with Crippen LogP contribution in [-0.4, -0.2) is 26.3 Å². The molecule has 0 radical (unpaired) electrons. The van der Waals surface area contributed by atoms with Gasteiger partial charge in [0.25, 0.3) is 11.8 Å². The van der Waals surface area contributed by atoms with Crippen LogP contribution in [0.5, 0.6) is 0 Å². The van der Waals surface area contributed by atoms with Gasteiger partial charge in [0.05, 0.1) is 15.5 Å². The van der Waals surface area contributed by atoms with E-state index in [1.165, 1.54) is 30.3 Å². The third kappa shape index (κ3) is 5.53. The predicted molar refractivity (Wildman–Crippen MR) is 103 cm³/mol. The van der Waals surface area contributed by atoms with Gasteiger partial charge in [-0.2, -0.15) is 0 Å². The topological polar surface area (TPSA) is 104 Å². The van der Waals surface area contributed by atoms with Gasteiger partial charge in [0.15, 0.2) is 0 Å². The smallest absolute Gasteiger partial charge is 0.267 e. The van der Waals surface area contributed by atoms with Crippen LogP contribution in [0.3, 0.4) is 0 Å². The van der Waals surface area contributed by atoms with Gasteiger partial charge in [0.2, 0.25) is 10.0 Å². The maximum Gasteiger partial charge on any atom is 0.271 e. The number of nitrogens with one attached hydrogen (secondary N) is 3. The SMILES string of the molecule is CC[C@@H](C)NS(=O)(=O)c1ccc(C(=O)NNC(=O)c2ccccc2Cl)cc1. The third-order valence-corrected chi connectivity index (χ3v) is 5.74. The molecule has 0 aliphatic carbocycles. The summed E-state index contributed by atoms with van der Waals surface area (Å²) >= 11 is 5.92. The van der Waals surface area contributed by atoms with Gasteiger partial charge in [-0.25, -0.2) is 13.1 Å². The lowest BCUT2D eigenvalue weighted by Gasteiger charge is -2.12. The monoisotopic (exact) mass is 409 g/mol. The summed E-state index contributed by atoms with van der Waals surface area (Å²) in [6.45, 7) is 3.64. The minimum Gasteiger partial charge on any atom is -0.267 e. The quantitative estimate of drug-likeness (QED) is 0.637.